The van der Waals surface area contributed by atoms with Gasteiger partial charge in [0.25, 0.3) is 0 Å². The molecule has 1 rings (SSSR count). The van der Waals surface area contributed by atoms with Crippen LogP contribution in [-0.2, 0) is 4.74 Å². The van der Waals surface area contributed by atoms with Gasteiger partial charge in [0, 0.05) is 6.04 Å². The molecule has 0 saturated carbocycles. The van der Waals surface area contributed by atoms with Crippen molar-refractivity contribution in [2.45, 2.75) is 71.1 Å². The van der Waals surface area contributed by atoms with E-state index in [1.54, 1.807) is 0 Å². The van der Waals surface area contributed by atoms with Crippen LogP contribution < -0.4 is 5.32 Å². The molecular formula is C13H27NO. The molecule has 1 heterocycles. The molecule has 0 aromatic carbocycles. The molecule has 3 unspecified atom stereocenters. The Kier molecular flexibility index (Phi) is 5.62. The number of rotatable bonds is 6. The molecular weight excluding hydrogens is 186 g/mol. The summed E-state index contributed by atoms with van der Waals surface area (Å²) in [6.07, 6.45) is 7.29. The van der Waals surface area contributed by atoms with Gasteiger partial charge in [0.05, 0.1) is 12.2 Å². The minimum absolute atomic E-state index is 0.456. The third kappa shape index (κ3) is 4.52. The van der Waals surface area contributed by atoms with Crippen LogP contribution in [0.3, 0.4) is 0 Å². The van der Waals surface area contributed by atoms with Crippen LogP contribution in [0.25, 0.3) is 0 Å². The van der Waals surface area contributed by atoms with Crippen molar-refractivity contribution >= 4 is 0 Å². The van der Waals surface area contributed by atoms with Crippen LogP contribution in [-0.4, -0.2) is 25.3 Å². The molecule has 0 spiro atoms. The second-order valence-electron chi connectivity index (χ2n) is 5.28. The number of hydrogen-bond donors (Lipinski definition) is 1. The number of likely N-dealkylation sites (N-methyl/N-ethyl adjacent to an activating group) is 1. The molecule has 2 nitrogen and oxygen atoms in total. The largest absolute Gasteiger partial charge is 0.374 e. The van der Waals surface area contributed by atoms with Crippen LogP contribution in [0.2, 0.25) is 0 Å². The van der Waals surface area contributed by atoms with Crippen molar-refractivity contribution in [3.63, 3.8) is 0 Å². The first-order chi connectivity index (χ1) is 7.13. The van der Waals surface area contributed by atoms with E-state index in [4.69, 9.17) is 4.74 Å². The highest BCUT2D eigenvalue weighted by molar-refractivity contribution is 4.81. The van der Waals surface area contributed by atoms with Crippen LogP contribution in [0.5, 0.6) is 0 Å². The summed E-state index contributed by atoms with van der Waals surface area (Å²) in [6.45, 7) is 6.77. The molecule has 3 atom stereocenters. The van der Waals surface area contributed by atoms with E-state index >= 15 is 0 Å². The lowest BCUT2D eigenvalue weighted by atomic mass is 9.98. The zero-order valence-corrected chi connectivity index (χ0v) is 10.8. The summed E-state index contributed by atoms with van der Waals surface area (Å²) in [6, 6.07) is 0.564. The molecule has 90 valence electrons. The van der Waals surface area contributed by atoms with Gasteiger partial charge in [-0.05, 0) is 39.2 Å². The van der Waals surface area contributed by atoms with Crippen molar-refractivity contribution in [3.8, 4) is 0 Å². The topological polar surface area (TPSA) is 21.3 Å². The maximum Gasteiger partial charge on any atom is 0.0732 e. The SMILES string of the molecule is CNC(CCCC(C)C)C1CCC(C)O1. The molecule has 1 aliphatic heterocycles. The number of nitrogens with one attached hydrogen (secondary N) is 1. The summed E-state index contributed by atoms with van der Waals surface area (Å²) in [4.78, 5) is 0. The van der Waals surface area contributed by atoms with Crippen LogP contribution in [0.1, 0.15) is 52.9 Å². The van der Waals surface area contributed by atoms with Crippen molar-refractivity contribution in [2.75, 3.05) is 7.05 Å². The Labute approximate surface area is 94.8 Å². The average Bonchev–Trinajstić information content (AvgIpc) is 2.59. The fourth-order valence-electron chi connectivity index (χ4n) is 2.39. The predicted octanol–water partition coefficient (Wildman–Crippen LogP) is 2.97. The summed E-state index contributed by atoms with van der Waals surface area (Å²) in [5.74, 6) is 0.825. The number of hydrogen-bond acceptors (Lipinski definition) is 2. The minimum atomic E-state index is 0.456. The summed E-state index contributed by atoms with van der Waals surface area (Å²) < 4.78 is 5.91. The lowest BCUT2D eigenvalue weighted by Gasteiger charge is -2.23. The fraction of sp³-hybridized carbons (Fsp3) is 1.00. The number of ether oxygens (including phenoxy) is 1. The Balaban J connectivity index is 2.23. The van der Waals surface area contributed by atoms with Crippen LogP contribution in [0.15, 0.2) is 0 Å². The summed E-state index contributed by atoms with van der Waals surface area (Å²) >= 11 is 0. The second kappa shape index (κ2) is 6.49. The molecule has 0 aromatic rings. The van der Waals surface area contributed by atoms with Crippen molar-refractivity contribution in [1.82, 2.24) is 5.32 Å². The Bertz CT molecular complexity index is 170. The maximum atomic E-state index is 5.91. The highest BCUT2D eigenvalue weighted by Gasteiger charge is 2.28. The summed E-state index contributed by atoms with van der Waals surface area (Å²) in [5, 5.41) is 3.41. The zero-order chi connectivity index (χ0) is 11.3. The van der Waals surface area contributed by atoms with Crippen molar-refractivity contribution in [2.24, 2.45) is 5.92 Å². The maximum absolute atomic E-state index is 5.91. The summed E-state index contributed by atoms with van der Waals surface area (Å²) in [5.41, 5.74) is 0. The third-order valence-corrected chi connectivity index (χ3v) is 3.38. The molecule has 0 radical (unpaired) electrons. The molecule has 0 amide bonds. The molecule has 2 heteroatoms. The smallest absolute Gasteiger partial charge is 0.0732 e. The van der Waals surface area contributed by atoms with Crippen molar-refractivity contribution < 1.29 is 4.74 Å². The summed E-state index contributed by atoms with van der Waals surface area (Å²) in [7, 11) is 2.06. The second-order valence-corrected chi connectivity index (χ2v) is 5.28. The average molecular weight is 213 g/mol. The van der Waals surface area contributed by atoms with E-state index in [1.807, 2.05) is 0 Å². The monoisotopic (exact) mass is 213 g/mol. The molecule has 0 aromatic heterocycles. The highest BCUT2D eigenvalue weighted by atomic mass is 16.5. The third-order valence-electron chi connectivity index (χ3n) is 3.38. The zero-order valence-electron chi connectivity index (χ0n) is 10.8. The Morgan fingerprint density at radius 2 is 2.00 bits per heavy atom. The quantitative estimate of drug-likeness (QED) is 0.732. The molecule has 1 aliphatic rings. The molecule has 1 N–H and O–H groups in total. The first-order valence-electron chi connectivity index (χ1n) is 6.46. The van der Waals surface area contributed by atoms with Gasteiger partial charge < -0.3 is 10.1 Å². The van der Waals surface area contributed by atoms with E-state index < -0.39 is 0 Å². The van der Waals surface area contributed by atoms with Gasteiger partial charge in [-0.2, -0.15) is 0 Å². The van der Waals surface area contributed by atoms with Crippen molar-refractivity contribution in [3.05, 3.63) is 0 Å². The predicted molar refractivity (Wildman–Crippen MR) is 65.1 cm³/mol. The lowest BCUT2D eigenvalue weighted by molar-refractivity contribution is 0.0311. The van der Waals surface area contributed by atoms with Gasteiger partial charge in [-0.25, -0.2) is 0 Å². The van der Waals surface area contributed by atoms with Gasteiger partial charge >= 0.3 is 0 Å². The normalized spacial score (nSPS) is 28.6. The van der Waals surface area contributed by atoms with E-state index in [9.17, 15) is 0 Å². The van der Waals surface area contributed by atoms with Gasteiger partial charge in [-0.3, -0.25) is 0 Å². The van der Waals surface area contributed by atoms with Gasteiger partial charge in [0.15, 0.2) is 0 Å². The van der Waals surface area contributed by atoms with E-state index in [-0.39, 0.29) is 0 Å². The van der Waals surface area contributed by atoms with Crippen molar-refractivity contribution in [1.29, 1.82) is 0 Å². The Morgan fingerprint density at radius 1 is 1.27 bits per heavy atom. The van der Waals surface area contributed by atoms with Gasteiger partial charge in [0.2, 0.25) is 0 Å². The molecule has 15 heavy (non-hydrogen) atoms. The minimum Gasteiger partial charge on any atom is -0.374 e. The van der Waals surface area contributed by atoms with Crippen LogP contribution >= 0.6 is 0 Å². The van der Waals surface area contributed by atoms with E-state index in [1.165, 1.54) is 32.1 Å². The van der Waals surface area contributed by atoms with E-state index in [2.05, 4.69) is 33.1 Å². The highest BCUT2D eigenvalue weighted by Crippen LogP contribution is 2.24. The van der Waals surface area contributed by atoms with Gasteiger partial charge in [-0.15, -0.1) is 0 Å². The molecule has 0 aliphatic carbocycles. The molecule has 1 saturated heterocycles. The lowest BCUT2D eigenvalue weighted by Crippen LogP contribution is -2.37. The first-order valence-corrected chi connectivity index (χ1v) is 6.46. The Hall–Kier alpha value is -0.0800. The van der Waals surface area contributed by atoms with Crippen LogP contribution in [0.4, 0.5) is 0 Å². The van der Waals surface area contributed by atoms with Crippen LogP contribution in [0, 0.1) is 5.92 Å². The van der Waals surface area contributed by atoms with E-state index in [0.29, 0.717) is 18.2 Å². The van der Waals surface area contributed by atoms with Gasteiger partial charge in [-0.1, -0.05) is 26.7 Å². The molecule has 1 fully saturated rings. The first kappa shape index (κ1) is 13.0. The standard InChI is InChI=1S/C13H27NO/c1-10(2)6-5-7-12(14-4)13-9-8-11(3)15-13/h10-14H,5-9H2,1-4H3. The fourth-order valence-corrected chi connectivity index (χ4v) is 2.39. The molecule has 0 bridgehead atoms. The Morgan fingerprint density at radius 3 is 2.47 bits per heavy atom. The van der Waals surface area contributed by atoms with E-state index in [0.717, 1.165) is 5.92 Å². The van der Waals surface area contributed by atoms with Gasteiger partial charge in [0.1, 0.15) is 0 Å².